The molecule has 1 heterocycles. The lowest BCUT2D eigenvalue weighted by Crippen LogP contribution is -2.48. The summed E-state index contributed by atoms with van der Waals surface area (Å²) < 4.78 is 58.8. The summed E-state index contributed by atoms with van der Waals surface area (Å²) in [4.78, 5) is 17.5. The fourth-order valence-corrected chi connectivity index (χ4v) is 5.38. The van der Waals surface area contributed by atoms with E-state index in [4.69, 9.17) is 4.74 Å². The van der Waals surface area contributed by atoms with E-state index < -0.39 is 39.7 Å². The van der Waals surface area contributed by atoms with E-state index in [-0.39, 0.29) is 36.5 Å². The van der Waals surface area contributed by atoms with Crippen LogP contribution in [0.3, 0.4) is 0 Å². The number of amides is 1. The number of hydrogen-bond donors (Lipinski definition) is 3. The molecule has 42 heavy (non-hydrogen) atoms. The minimum absolute atomic E-state index is 0.0565. The molecular weight excluding hydrogens is 566 g/mol. The van der Waals surface area contributed by atoms with Gasteiger partial charge in [0.15, 0.2) is 0 Å². The molecule has 2 unspecified atom stereocenters. The second-order valence-electron chi connectivity index (χ2n) is 10.0. The van der Waals surface area contributed by atoms with Crippen molar-refractivity contribution in [2.45, 2.75) is 44.9 Å². The molecule has 1 aromatic heterocycles. The number of aliphatic hydroxyl groups is 1. The van der Waals surface area contributed by atoms with E-state index in [1.807, 2.05) is 18.2 Å². The predicted molar refractivity (Wildman–Crippen MR) is 158 cm³/mol. The number of aromatic nitrogens is 1. The number of nitrogens with zero attached hydrogens (tertiary/aromatic N) is 2. The number of carbonyl (C=O) groups is 1. The Morgan fingerprint density at radius 2 is 1.79 bits per heavy atom. The highest BCUT2D eigenvalue weighted by Gasteiger charge is 2.25. The number of pyridine rings is 1. The summed E-state index contributed by atoms with van der Waals surface area (Å²) in [5.41, 5.74) is 2.56. The molecule has 228 valence electrons. The van der Waals surface area contributed by atoms with Crippen LogP contribution in [-0.2, 0) is 34.1 Å². The molecule has 3 aromatic rings. The lowest BCUT2D eigenvalue weighted by Gasteiger charge is -2.25. The van der Waals surface area contributed by atoms with Crippen LogP contribution in [0.15, 0.2) is 60.8 Å². The van der Waals surface area contributed by atoms with Gasteiger partial charge in [-0.25, -0.2) is 22.2 Å². The van der Waals surface area contributed by atoms with Gasteiger partial charge in [0, 0.05) is 51.2 Å². The predicted octanol–water partition coefficient (Wildman–Crippen LogP) is 3.22. The second-order valence-corrected chi connectivity index (χ2v) is 11.9. The Kier molecular flexibility index (Phi) is 12.3. The van der Waals surface area contributed by atoms with Crippen LogP contribution in [-0.4, -0.2) is 69.6 Å². The van der Waals surface area contributed by atoms with Crippen LogP contribution in [0.1, 0.15) is 40.4 Å². The van der Waals surface area contributed by atoms with Gasteiger partial charge in [0.2, 0.25) is 10.0 Å². The monoisotopic (exact) mass is 604 g/mol. The molecule has 1 amide bonds. The van der Waals surface area contributed by atoms with Gasteiger partial charge in [0.1, 0.15) is 17.5 Å². The number of rotatable bonds is 16. The average Bonchev–Trinajstić information content (AvgIpc) is 2.94. The molecule has 0 fully saturated rings. The van der Waals surface area contributed by atoms with Crippen LogP contribution in [0.4, 0.5) is 14.6 Å². The average molecular weight is 605 g/mol. The number of aliphatic hydroxyl groups excluding tert-OH is 1. The summed E-state index contributed by atoms with van der Waals surface area (Å²) >= 11 is 0. The Morgan fingerprint density at radius 3 is 2.45 bits per heavy atom. The van der Waals surface area contributed by atoms with E-state index in [1.165, 1.54) is 31.0 Å². The molecule has 9 nitrogen and oxygen atoms in total. The van der Waals surface area contributed by atoms with Gasteiger partial charge < -0.3 is 20.5 Å². The van der Waals surface area contributed by atoms with Gasteiger partial charge in [-0.05, 0) is 60.2 Å². The smallest absolute Gasteiger partial charge is 0.251 e. The fourth-order valence-electron chi connectivity index (χ4n) is 4.48. The van der Waals surface area contributed by atoms with Crippen molar-refractivity contribution in [2.24, 2.45) is 0 Å². The molecular formula is C30H38F2N4O5S. The molecule has 0 bridgehead atoms. The van der Waals surface area contributed by atoms with Crippen molar-refractivity contribution >= 4 is 21.7 Å². The number of benzene rings is 2. The van der Waals surface area contributed by atoms with Crippen molar-refractivity contribution < 1.29 is 31.8 Å². The van der Waals surface area contributed by atoms with Crippen LogP contribution >= 0.6 is 0 Å². The summed E-state index contributed by atoms with van der Waals surface area (Å²) in [5, 5.41) is 17.0. The van der Waals surface area contributed by atoms with Gasteiger partial charge in [-0.1, -0.05) is 31.2 Å². The maximum atomic E-state index is 13.9. The SMILES string of the molecule is CCc1cccc(CNCC(O)C(Cc2cc(F)cc(F)c2)NC(=O)c2ccnc(N(CCCOC)S(C)(=O)=O)c2)c1. The molecule has 3 rings (SSSR count). The molecule has 2 atom stereocenters. The fraction of sp³-hybridized carbons (Fsp3) is 0.400. The molecule has 0 spiro atoms. The number of methoxy groups -OCH3 is 1. The minimum atomic E-state index is -3.70. The van der Waals surface area contributed by atoms with Crippen LogP contribution in [0.25, 0.3) is 0 Å². The van der Waals surface area contributed by atoms with Gasteiger partial charge in [0.05, 0.1) is 18.4 Å². The van der Waals surface area contributed by atoms with Gasteiger partial charge in [-0.2, -0.15) is 0 Å². The third-order valence-corrected chi connectivity index (χ3v) is 7.78. The third-order valence-electron chi connectivity index (χ3n) is 6.61. The largest absolute Gasteiger partial charge is 0.390 e. The zero-order chi connectivity index (χ0) is 30.7. The molecule has 0 aliphatic carbocycles. The summed E-state index contributed by atoms with van der Waals surface area (Å²) in [6.45, 7) is 3.06. The molecule has 3 N–H and O–H groups in total. The number of halogens is 2. The topological polar surface area (TPSA) is 121 Å². The van der Waals surface area contributed by atoms with Crippen LogP contribution in [0, 0.1) is 11.6 Å². The summed E-state index contributed by atoms with van der Waals surface area (Å²) in [5.74, 6) is -2.10. The van der Waals surface area contributed by atoms with E-state index >= 15 is 0 Å². The second kappa shape index (κ2) is 15.7. The molecule has 0 radical (unpaired) electrons. The first-order valence-corrected chi connectivity index (χ1v) is 15.5. The van der Waals surface area contributed by atoms with Crippen molar-refractivity contribution in [3.8, 4) is 0 Å². The molecule has 0 saturated heterocycles. The zero-order valence-corrected chi connectivity index (χ0v) is 24.8. The van der Waals surface area contributed by atoms with Gasteiger partial charge >= 0.3 is 0 Å². The van der Waals surface area contributed by atoms with Crippen molar-refractivity contribution in [3.63, 3.8) is 0 Å². The highest BCUT2D eigenvalue weighted by atomic mass is 32.2. The molecule has 12 heteroatoms. The Labute approximate surface area is 246 Å². The van der Waals surface area contributed by atoms with Crippen LogP contribution < -0.4 is 14.9 Å². The lowest BCUT2D eigenvalue weighted by molar-refractivity contribution is 0.0829. The van der Waals surface area contributed by atoms with Crippen molar-refractivity contribution in [1.82, 2.24) is 15.6 Å². The number of anilines is 1. The Balaban J connectivity index is 1.79. The molecule has 0 aliphatic rings. The lowest BCUT2D eigenvalue weighted by atomic mass is 10.00. The van der Waals surface area contributed by atoms with Gasteiger partial charge in [0.25, 0.3) is 5.91 Å². The van der Waals surface area contributed by atoms with Gasteiger partial charge in [-0.15, -0.1) is 0 Å². The van der Waals surface area contributed by atoms with Crippen molar-refractivity contribution in [1.29, 1.82) is 0 Å². The summed E-state index contributed by atoms with van der Waals surface area (Å²) in [7, 11) is -2.19. The molecule has 2 aromatic carbocycles. The quantitative estimate of drug-likeness (QED) is 0.215. The van der Waals surface area contributed by atoms with Crippen LogP contribution in [0.2, 0.25) is 0 Å². The number of sulfonamides is 1. The van der Waals surface area contributed by atoms with E-state index in [0.29, 0.717) is 19.6 Å². The first-order chi connectivity index (χ1) is 20.0. The van der Waals surface area contributed by atoms with E-state index in [0.717, 1.165) is 40.7 Å². The first kappa shape index (κ1) is 33.1. The maximum absolute atomic E-state index is 13.9. The number of ether oxygens (including phenoxy) is 1. The summed E-state index contributed by atoms with van der Waals surface area (Å²) in [6, 6.07) is 12.9. The van der Waals surface area contributed by atoms with Crippen molar-refractivity contribution in [3.05, 3.63) is 94.7 Å². The maximum Gasteiger partial charge on any atom is 0.251 e. The van der Waals surface area contributed by atoms with E-state index in [9.17, 15) is 27.1 Å². The van der Waals surface area contributed by atoms with Gasteiger partial charge in [-0.3, -0.25) is 9.10 Å². The number of hydrogen-bond acceptors (Lipinski definition) is 7. The van der Waals surface area contributed by atoms with Crippen molar-refractivity contribution in [2.75, 3.05) is 37.4 Å². The standard InChI is InChI=1S/C30H38F2N4O5S/c1-4-21-7-5-8-22(13-21)19-33-20-28(37)27(16-23-14-25(31)18-26(32)15-23)35-30(38)24-9-10-34-29(17-24)36(42(3,39)40)11-6-12-41-2/h5,7-10,13-15,17-18,27-28,33,37H,4,6,11-12,16,19-20H2,1-3H3,(H,35,38). The number of aryl methyl sites for hydroxylation is 1. The summed E-state index contributed by atoms with van der Waals surface area (Å²) in [6.07, 6.45) is 2.48. The van der Waals surface area contributed by atoms with E-state index in [1.54, 1.807) is 0 Å². The number of carbonyl (C=O) groups excluding carboxylic acids is 1. The highest BCUT2D eigenvalue weighted by Crippen LogP contribution is 2.18. The van der Waals surface area contributed by atoms with Crippen LogP contribution in [0.5, 0.6) is 0 Å². The van der Waals surface area contributed by atoms with E-state index in [2.05, 4.69) is 28.6 Å². The molecule has 0 aliphatic heterocycles. The number of nitrogens with one attached hydrogen (secondary N) is 2. The Hall–Kier alpha value is -3.45. The Morgan fingerprint density at radius 1 is 1.07 bits per heavy atom. The minimum Gasteiger partial charge on any atom is -0.390 e. The normalized spacial score (nSPS) is 13.0. The Bertz CT molecular complexity index is 1420. The molecule has 0 saturated carbocycles. The third kappa shape index (κ3) is 10.1. The first-order valence-electron chi connectivity index (χ1n) is 13.6. The highest BCUT2D eigenvalue weighted by molar-refractivity contribution is 7.92. The zero-order valence-electron chi connectivity index (χ0n) is 24.0.